The summed E-state index contributed by atoms with van der Waals surface area (Å²) in [5, 5.41) is 6.60. The van der Waals surface area contributed by atoms with Gasteiger partial charge in [0.15, 0.2) is 0 Å². The molecule has 32 heavy (non-hydrogen) atoms. The molecular weight excluding hydrogens is 436 g/mol. The number of carbonyl (C=O) groups is 1. The summed E-state index contributed by atoms with van der Waals surface area (Å²) in [6, 6.07) is 12.3. The van der Waals surface area contributed by atoms with Gasteiger partial charge in [0.25, 0.3) is 5.91 Å². The number of hydrogen-bond donors (Lipinski definition) is 1. The molecule has 0 bridgehead atoms. The van der Waals surface area contributed by atoms with Crippen molar-refractivity contribution in [3.8, 4) is 11.1 Å². The number of benzene rings is 2. The molecule has 0 atom stereocenters. The molecule has 1 aromatic heterocycles. The van der Waals surface area contributed by atoms with E-state index in [4.69, 9.17) is 11.6 Å². The summed E-state index contributed by atoms with van der Waals surface area (Å²) in [6.45, 7) is 16.2. The zero-order valence-electron chi connectivity index (χ0n) is 20.4. The lowest BCUT2D eigenvalue weighted by molar-refractivity contribution is -0.110. The summed E-state index contributed by atoms with van der Waals surface area (Å²) in [5.41, 5.74) is 5.71. The van der Waals surface area contributed by atoms with Crippen LogP contribution >= 0.6 is 22.9 Å². The van der Waals surface area contributed by atoms with E-state index in [1.165, 1.54) is 5.56 Å². The molecule has 3 nitrogen and oxygen atoms in total. The van der Waals surface area contributed by atoms with Crippen molar-refractivity contribution in [2.75, 3.05) is 5.32 Å². The molecule has 0 unspecified atom stereocenters. The van der Waals surface area contributed by atoms with Gasteiger partial charge in [-0.2, -0.15) is 0 Å². The number of halogens is 1. The zero-order valence-corrected chi connectivity index (χ0v) is 22.0. The third-order valence-electron chi connectivity index (χ3n) is 4.62. The van der Waals surface area contributed by atoms with Crippen LogP contribution in [0.1, 0.15) is 70.5 Å². The predicted molar refractivity (Wildman–Crippen MR) is 143 cm³/mol. The number of aryl methyl sites for hydroxylation is 1. The molecule has 1 N–H and O–H groups in total. The molecule has 5 heteroatoms. The Hall–Kier alpha value is -2.43. The number of carbonyl (C=O) groups excluding carboxylic acids is 1. The monoisotopic (exact) mass is 470 g/mol. The van der Waals surface area contributed by atoms with Crippen molar-refractivity contribution in [2.24, 2.45) is 0 Å². The fourth-order valence-electron chi connectivity index (χ4n) is 3.06. The zero-order chi connectivity index (χ0) is 24.3. The lowest BCUT2D eigenvalue weighted by atomic mass is 9.96. The fourth-order valence-corrected chi connectivity index (χ4v) is 3.77. The molecule has 0 aliphatic carbocycles. The summed E-state index contributed by atoms with van der Waals surface area (Å²) >= 11 is 8.08. The van der Waals surface area contributed by atoms with E-state index in [9.17, 15) is 4.79 Å². The van der Waals surface area contributed by atoms with Gasteiger partial charge in [0.1, 0.15) is 0 Å². The topological polar surface area (TPSA) is 42.0 Å². The van der Waals surface area contributed by atoms with Gasteiger partial charge in [-0.1, -0.05) is 83.5 Å². The van der Waals surface area contributed by atoms with E-state index in [1.807, 2.05) is 65.1 Å². The first-order chi connectivity index (χ1) is 15.4. The van der Waals surface area contributed by atoms with Crippen molar-refractivity contribution in [3.63, 3.8) is 0 Å². The number of aromatic nitrogens is 1. The van der Waals surface area contributed by atoms with Gasteiger partial charge in [0, 0.05) is 28.3 Å². The van der Waals surface area contributed by atoms with Crippen molar-refractivity contribution in [1.82, 2.24) is 4.98 Å². The molecular formula is C27H35ClN2OS. The third kappa shape index (κ3) is 7.04. The van der Waals surface area contributed by atoms with Gasteiger partial charge in [-0.05, 0) is 43.0 Å². The maximum absolute atomic E-state index is 11.9. The minimum atomic E-state index is -0.0686. The minimum absolute atomic E-state index is 0.0686. The van der Waals surface area contributed by atoms with Gasteiger partial charge >= 0.3 is 0 Å². The van der Waals surface area contributed by atoms with Crippen LogP contribution in [-0.2, 0) is 4.79 Å². The second-order valence-corrected chi connectivity index (χ2v) is 8.37. The van der Waals surface area contributed by atoms with E-state index in [2.05, 4.69) is 48.4 Å². The Morgan fingerprint density at radius 2 is 1.66 bits per heavy atom. The maximum atomic E-state index is 11.9. The second kappa shape index (κ2) is 13.9. The van der Waals surface area contributed by atoms with Crippen LogP contribution in [0.2, 0.25) is 5.02 Å². The summed E-state index contributed by atoms with van der Waals surface area (Å²) in [6.07, 6.45) is 3.64. The highest BCUT2D eigenvalue weighted by Crippen LogP contribution is 2.39. The van der Waals surface area contributed by atoms with Crippen molar-refractivity contribution in [1.29, 1.82) is 0 Å². The quantitative estimate of drug-likeness (QED) is 0.379. The largest absolute Gasteiger partial charge is 0.321 e. The number of anilines is 1. The Labute approximate surface area is 202 Å². The molecule has 3 aromatic rings. The number of hydrogen-bond acceptors (Lipinski definition) is 3. The molecule has 1 amide bonds. The summed E-state index contributed by atoms with van der Waals surface area (Å²) in [4.78, 5) is 15.9. The first-order valence-corrected chi connectivity index (χ1v) is 12.4. The average Bonchev–Trinajstić information content (AvgIpc) is 3.41. The number of thiazole rings is 1. The van der Waals surface area contributed by atoms with Crippen LogP contribution in [-0.4, -0.2) is 10.9 Å². The summed E-state index contributed by atoms with van der Waals surface area (Å²) < 4.78 is 0. The van der Waals surface area contributed by atoms with Crippen LogP contribution < -0.4 is 5.32 Å². The maximum Gasteiger partial charge on any atom is 0.256 e. The van der Waals surface area contributed by atoms with Gasteiger partial charge in [0.2, 0.25) is 0 Å². The average molecular weight is 471 g/mol. The first kappa shape index (κ1) is 27.6. The van der Waals surface area contributed by atoms with E-state index >= 15 is 0 Å². The summed E-state index contributed by atoms with van der Waals surface area (Å²) in [7, 11) is 0. The molecule has 0 saturated carbocycles. The van der Waals surface area contributed by atoms with Crippen LogP contribution in [0.15, 0.2) is 54.1 Å². The Balaban J connectivity index is 0.000000432. The molecule has 2 heterocycles. The Morgan fingerprint density at radius 3 is 2.09 bits per heavy atom. The highest BCUT2D eigenvalue weighted by molar-refractivity contribution is 7.09. The van der Waals surface area contributed by atoms with Crippen LogP contribution in [0.25, 0.3) is 16.7 Å². The van der Waals surface area contributed by atoms with Gasteiger partial charge in [-0.15, -0.1) is 11.3 Å². The summed E-state index contributed by atoms with van der Waals surface area (Å²) in [5.74, 6) is 0.432. The normalized spacial score (nSPS) is 12.6. The lowest BCUT2D eigenvalue weighted by Gasteiger charge is -2.10. The van der Waals surface area contributed by atoms with E-state index in [-0.39, 0.29) is 5.91 Å². The molecule has 0 spiro atoms. The van der Waals surface area contributed by atoms with Crippen LogP contribution in [0.5, 0.6) is 0 Å². The van der Waals surface area contributed by atoms with Crippen LogP contribution in [0.3, 0.4) is 0 Å². The van der Waals surface area contributed by atoms with E-state index in [0.29, 0.717) is 16.5 Å². The van der Waals surface area contributed by atoms with Gasteiger partial charge in [-0.3, -0.25) is 9.78 Å². The van der Waals surface area contributed by atoms with Crippen molar-refractivity contribution >= 4 is 40.1 Å². The second-order valence-electron chi connectivity index (χ2n) is 6.86. The molecule has 4 rings (SSSR count). The number of allylic oxidation sites excluding steroid dienone is 1. The van der Waals surface area contributed by atoms with E-state index in [0.717, 1.165) is 27.4 Å². The molecule has 0 fully saturated rings. The number of amides is 1. The number of rotatable bonds is 2. The number of nitrogens with one attached hydrogen (secondary N) is 1. The Kier molecular flexibility index (Phi) is 12.0. The minimum Gasteiger partial charge on any atom is -0.321 e. The Morgan fingerprint density at radius 1 is 1.03 bits per heavy atom. The standard InChI is InChI=1S/C19H18ClNO.C4H5NS.2C2H6/c1-4-14-16-9-15(17(20)10-18(16)21-19(14)22)13-7-5-12(6-8-13)11(2)3;1-4-5-2-3-6-4;2*1-2/h4-11H,1-3H3,(H,21,22);2-3H,1H3;2*1-2H3/b14-4-;;;. The SMILES string of the molecule is C/C=C1\C(=O)Nc2cc(Cl)c(-c3ccc(C(C)C)cc3)cc21.CC.CC.Cc1nccs1. The van der Waals surface area contributed by atoms with Crippen LogP contribution in [0.4, 0.5) is 5.69 Å². The predicted octanol–water partition coefficient (Wildman–Crippen LogP) is 8.99. The number of nitrogens with zero attached hydrogens (tertiary/aromatic N) is 1. The smallest absolute Gasteiger partial charge is 0.256 e. The molecule has 2 aromatic carbocycles. The van der Waals surface area contributed by atoms with E-state index < -0.39 is 0 Å². The first-order valence-electron chi connectivity index (χ1n) is 11.2. The molecule has 0 saturated heterocycles. The van der Waals surface area contributed by atoms with Gasteiger partial charge < -0.3 is 5.32 Å². The van der Waals surface area contributed by atoms with Gasteiger partial charge in [-0.25, -0.2) is 0 Å². The van der Waals surface area contributed by atoms with Crippen molar-refractivity contribution in [2.45, 2.75) is 61.3 Å². The number of fused-ring (bicyclic) bond motifs is 1. The van der Waals surface area contributed by atoms with Crippen LogP contribution in [0, 0.1) is 6.92 Å². The Bertz CT molecular complexity index is 1010. The van der Waals surface area contributed by atoms with Crippen molar-refractivity contribution < 1.29 is 4.79 Å². The molecule has 1 aliphatic rings. The highest BCUT2D eigenvalue weighted by Gasteiger charge is 2.25. The molecule has 172 valence electrons. The molecule has 1 aliphatic heterocycles. The lowest BCUT2D eigenvalue weighted by Crippen LogP contribution is -2.03. The molecule has 0 radical (unpaired) electrons. The van der Waals surface area contributed by atoms with Crippen molar-refractivity contribution in [3.05, 3.63) is 75.2 Å². The fraction of sp³-hybridized carbons (Fsp3) is 0.333. The highest BCUT2D eigenvalue weighted by atomic mass is 35.5. The third-order valence-corrected chi connectivity index (χ3v) is 5.64. The van der Waals surface area contributed by atoms with E-state index in [1.54, 1.807) is 17.5 Å². The van der Waals surface area contributed by atoms with Gasteiger partial charge in [0.05, 0.1) is 15.7 Å².